The van der Waals surface area contributed by atoms with Crippen molar-refractivity contribution < 1.29 is 4.74 Å². The van der Waals surface area contributed by atoms with Gasteiger partial charge in [0.2, 0.25) is 0 Å². The van der Waals surface area contributed by atoms with Gasteiger partial charge in [-0.1, -0.05) is 63.2 Å². The summed E-state index contributed by atoms with van der Waals surface area (Å²) in [4.78, 5) is 2.68. The molecule has 2 atom stereocenters. The number of ether oxygens (including phenoxy) is 1. The van der Waals surface area contributed by atoms with Gasteiger partial charge in [-0.25, -0.2) is 0 Å². The lowest BCUT2D eigenvalue weighted by molar-refractivity contribution is -0.0646. The molecular formula is C25H31N3O. The van der Waals surface area contributed by atoms with Crippen LogP contribution in [-0.2, 0) is 4.74 Å². The molecule has 5 rings (SSSR count). The van der Waals surface area contributed by atoms with Crippen molar-refractivity contribution in [2.24, 2.45) is 5.41 Å². The van der Waals surface area contributed by atoms with E-state index in [0.717, 1.165) is 32.7 Å². The molecule has 2 fully saturated rings. The number of fused-ring (bicyclic) bond motifs is 3. The van der Waals surface area contributed by atoms with E-state index in [0.29, 0.717) is 0 Å². The van der Waals surface area contributed by atoms with E-state index >= 15 is 0 Å². The molecule has 152 valence electrons. The van der Waals surface area contributed by atoms with E-state index in [-0.39, 0.29) is 17.1 Å². The predicted molar refractivity (Wildman–Crippen MR) is 118 cm³/mol. The van der Waals surface area contributed by atoms with E-state index < -0.39 is 0 Å². The summed E-state index contributed by atoms with van der Waals surface area (Å²) in [6, 6.07) is 20.1. The quantitative estimate of drug-likeness (QED) is 0.742. The fraction of sp³-hybridized carbons (Fsp3) is 0.440. The Morgan fingerprint density at radius 1 is 0.966 bits per heavy atom. The second-order valence-electron chi connectivity index (χ2n) is 8.87. The van der Waals surface area contributed by atoms with Crippen LogP contribution < -0.4 is 5.01 Å². The first-order chi connectivity index (χ1) is 14.1. The monoisotopic (exact) mass is 389 g/mol. The summed E-state index contributed by atoms with van der Waals surface area (Å²) in [6.07, 6.45) is 5.60. The van der Waals surface area contributed by atoms with Crippen LogP contribution in [0, 0.1) is 5.41 Å². The van der Waals surface area contributed by atoms with Crippen molar-refractivity contribution in [1.82, 2.24) is 9.91 Å². The van der Waals surface area contributed by atoms with Crippen LogP contribution in [0.3, 0.4) is 0 Å². The fourth-order valence-corrected chi connectivity index (χ4v) is 6.10. The normalized spacial score (nSPS) is 28.3. The minimum atomic E-state index is -0.134. The maximum Gasteiger partial charge on any atom is 0.121 e. The largest absolute Gasteiger partial charge is 0.379 e. The van der Waals surface area contributed by atoms with Crippen LogP contribution in [0.5, 0.6) is 0 Å². The van der Waals surface area contributed by atoms with Gasteiger partial charge in [0.25, 0.3) is 0 Å². The third-order valence-corrected chi connectivity index (χ3v) is 7.29. The zero-order valence-electron chi connectivity index (χ0n) is 17.7. The number of hydrazine groups is 1. The van der Waals surface area contributed by atoms with Crippen molar-refractivity contribution in [3.63, 3.8) is 0 Å². The molecule has 0 aromatic heterocycles. The second-order valence-corrected chi connectivity index (χ2v) is 8.87. The highest BCUT2D eigenvalue weighted by Crippen LogP contribution is 2.61. The van der Waals surface area contributed by atoms with Gasteiger partial charge in [-0.3, -0.25) is 14.9 Å². The van der Waals surface area contributed by atoms with Gasteiger partial charge in [-0.05, 0) is 35.8 Å². The number of morpholine rings is 1. The van der Waals surface area contributed by atoms with Gasteiger partial charge in [-0.15, -0.1) is 0 Å². The Balaban J connectivity index is 1.74. The average molecular weight is 390 g/mol. The molecule has 0 saturated carbocycles. The Morgan fingerprint density at radius 2 is 1.66 bits per heavy atom. The van der Waals surface area contributed by atoms with E-state index in [4.69, 9.17) is 4.74 Å². The zero-order chi connectivity index (χ0) is 20.1. The van der Waals surface area contributed by atoms with Crippen molar-refractivity contribution in [2.45, 2.75) is 38.9 Å². The molecule has 2 aromatic carbocycles. The summed E-state index contributed by atoms with van der Waals surface area (Å²) in [5, 5.41) is 5.08. The number of hydrogen-bond acceptors (Lipinski definition) is 4. The van der Waals surface area contributed by atoms with Crippen LogP contribution in [0.4, 0.5) is 5.69 Å². The van der Waals surface area contributed by atoms with Gasteiger partial charge in [0.15, 0.2) is 0 Å². The Labute approximate surface area is 174 Å². The zero-order valence-corrected chi connectivity index (χ0v) is 17.7. The van der Waals surface area contributed by atoms with Gasteiger partial charge < -0.3 is 4.74 Å². The summed E-state index contributed by atoms with van der Waals surface area (Å²) in [7, 11) is 0. The van der Waals surface area contributed by atoms with E-state index in [1.165, 1.54) is 16.8 Å². The summed E-state index contributed by atoms with van der Waals surface area (Å²) < 4.78 is 5.75. The molecule has 4 heteroatoms. The maximum absolute atomic E-state index is 5.75. The smallest absolute Gasteiger partial charge is 0.121 e. The number of anilines is 1. The molecule has 2 aromatic rings. The first-order valence-electron chi connectivity index (χ1n) is 10.8. The van der Waals surface area contributed by atoms with Crippen molar-refractivity contribution in [2.75, 3.05) is 31.3 Å². The third-order valence-electron chi connectivity index (χ3n) is 7.29. The molecule has 0 unspecified atom stereocenters. The Morgan fingerprint density at radius 3 is 2.38 bits per heavy atom. The molecule has 3 aliphatic heterocycles. The first kappa shape index (κ1) is 18.7. The topological polar surface area (TPSA) is 19.0 Å². The molecule has 3 heterocycles. The Kier molecular flexibility index (Phi) is 4.45. The van der Waals surface area contributed by atoms with Crippen molar-refractivity contribution in [3.05, 3.63) is 71.9 Å². The van der Waals surface area contributed by atoms with Crippen LogP contribution in [0.25, 0.3) is 6.08 Å². The van der Waals surface area contributed by atoms with Gasteiger partial charge in [-0.2, -0.15) is 0 Å². The third kappa shape index (κ3) is 2.52. The summed E-state index contributed by atoms with van der Waals surface area (Å²) in [5.74, 6) is 0. The minimum absolute atomic E-state index is 0.00417. The molecule has 2 saturated heterocycles. The molecule has 29 heavy (non-hydrogen) atoms. The summed E-state index contributed by atoms with van der Waals surface area (Å²) in [5.41, 5.74) is 3.87. The molecular weight excluding hydrogens is 358 g/mol. The molecule has 0 amide bonds. The predicted octanol–water partition coefficient (Wildman–Crippen LogP) is 4.91. The van der Waals surface area contributed by atoms with E-state index in [1.54, 1.807) is 0 Å². The lowest BCUT2D eigenvalue weighted by Gasteiger charge is -2.54. The molecule has 3 aliphatic rings. The lowest BCUT2D eigenvalue weighted by Crippen LogP contribution is -2.67. The number of hydrogen-bond donors (Lipinski definition) is 0. The average Bonchev–Trinajstić information content (AvgIpc) is 2.99. The molecule has 0 spiro atoms. The number of rotatable bonds is 3. The molecule has 0 aliphatic carbocycles. The summed E-state index contributed by atoms with van der Waals surface area (Å²) >= 11 is 0. The van der Waals surface area contributed by atoms with Crippen LogP contribution >= 0.6 is 0 Å². The highest BCUT2D eigenvalue weighted by molar-refractivity contribution is 5.62. The van der Waals surface area contributed by atoms with Crippen molar-refractivity contribution in [3.8, 4) is 0 Å². The Hall–Kier alpha value is -2.30. The number of benzene rings is 2. The van der Waals surface area contributed by atoms with Gasteiger partial charge in [0, 0.05) is 24.7 Å². The fourth-order valence-electron chi connectivity index (χ4n) is 6.10. The van der Waals surface area contributed by atoms with Gasteiger partial charge >= 0.3 is 0 Å². The van der Waals surface area contributed by atoms with Crippen molar-refractivity contribution in [1.29, 1.82) is 0 Å². The van der Waals surface area contributed by atoms with Crippen molar-refractivity contribution >= 4 is 11.8 Å². The van der Waals surface area contributed by atoms with Gasteiger partial charge in [0.05, 0.1) is 24.9 Å². The minimum Gasteiger partial charge on any atom is -0.379 e. The first-order valence-corrected chi connectivity index (χ1v) is 10.8. The second kappa shape index (κ2) is 6.89. The number of para-hydroxylation sites is 1. The molecule has 4 nitrogen and oxygen atoms in total. The van der Waals surface area contributed by atoms with E-state index in [1.807, 2.05) is 0 Å². The molecule has 0 radical (unpaired) electrons. The van der Waals surface area contributed by atoms with Crippen LogP contribution in [0.15, 0.2) is 60.8 Å². The van der Waals surface area contributed by atoms with E-state index in [2.05, 4.69) is 103 Å². The number of nitrogens with zero attached hydrogens (tertiary/aromatic N) is 3. The lowest BCUT2D eigenvalue weighted by atomic mass is 9.68. The van der Waals surface area contributed by atoms with Gasteiger partial charge in [0.1, 0.15) is 5.66 Å². The standard InChI is InChI=1S/C25H31N3O/c1-4-25(26-16-18-29-19-17-26)24(2,3)23-22-13-9-8-10-20(22)14-15-27(23)28(25)21-11-6-5-7-12-21/h5-15,23H,4,16-19H2,1-3H3/t23-,25-/m0/s1. The summed E-state index contributed by atoms with van der Waals surface area (Å²) in [6.45, 7) is 10.8. The highest BCUT2D eigenvalue weighted by atomic mass is 16.5. The maximum atomic E-state index is 5.75. The van der Waals surface area contributed by atoms with Crippen LogP contribution in [0.2, 0.25) is 0 Å². The van der Waals surface area contributed by atoms with Crippen LogP contribution in [0.1, 0.15) is 44.4 Å². The molecule has 0 N–H and O–H groups in total. The van der Waals surface area contributed by atoms with E-state index in [9.17, 15) is 0 Å². The molecule has 0 bridgehead atoms. The highest BCUT2D eigenvalue weighted by Gasteiger charge is 2.65. The van der Waals surface area contributed by atoms with Crippen LogP contribution in [-0.4, -0.2) is 41.9 Å². The Bertz CT molecular complexity index is 903. The SMILES string of the molecule is CC[C@]1(N2CCOCC2)N(c2ccccc2)N2C=Cc3ccccc3[C@H]2C1(C)C.